The first-order chi connectivity index (χ1) is 9.42. The molecule has 1 saturated heterocycles. The highest BCUT2D eigenvalue weighted by Crippen LogP contribution is 2.31. The van der Waals surface area contributed by atoms with Crippen LogP contribution in [-0.2, 0) is 11.2 Å². The van der Waals surface area contributed by atoms with Crippen molar-refractivity contribution in [3.05, 3.63) is 22.4 Å². The molecule has 20 heavy (non-hydrogen) atoms. The van der Waals surface area contributed by atoms with Gasteiger partial charge in [-0.1, -0.05) is 19.9 Å². The van der Waals surface area contributed by atoms with Crippen LogP contribution in [0.2, 0.25) is 0 Å². The zero-order valence-electron chi connectivity index (χ0n) is 13.0. The molecule has 0 saturated carbocycles. The Kier molecular flexibility index (Phi) is 4.86. The van der Waals surface area contributed by atoms with Gasteiger partial charge in [0.25, 0.3) is 0 Å². The fraction of sp³-hybridized carbons (Fsp3) is 0.688. The van der Waals surface area contributed by atoms with Crippen molar-refractivity contribution in [1.29, 1.82) is 0 Å². The molecule has 0 aliphatic carbocycles. The van der Waals surface area contributed by atoms with Crippen molar-refractivity contribution >= 4 is 17.2 Å². The number of nitrogens with one attached hydrogen (secondary N) is 1. The molecule has 2 atom stereocenters. The lowest BCUT2D eigenvalue weighted by molar-refractivity contribution is -0.137. The topological polar surface area (TPSA) is 32.3 Å². The van der Waals surface area contributed by atoms with Crippen molar-refractivity contribution in [3.8, 4) is 0 Å². The number of nitrogens with zero attached hydrogens (tertiary/aromatic N) is 1. The summed E-state index contributed by atoms with van der Waals surface area (Å²) in [5.74, 6) is 0.235. The normalized spacial score (nSPS) is 23.3. The van der Waals surface area contributed by atoms with Crippen LogP contribution in [0.3, 0.4) is 0 Å². The van der Waals surface area contributed by atoms with E-state index in [1.54, 1.807) is 11.3 Å². The monoisotopic (exact) mass is 294 g/mol. The standard InChI is InChI=1S/C16H26N2OS/c1-12(11-13-7-5-10-20-13)18(4)15(19)14-16(2,3)8-6-9-17-14/h5,7,10,12,14,17H,6,8-9,11H2,1-4H3. The number of hydrogen-bond donors (Lipinski definition) is 1. The van der Waals surface area contributed by atoms with Crippen LogP contribution < -0.4 is 5.32 Å². The molecule has 0 aromatic carbocycles. The van der Waals surface area contributed by atoms with Gasteiger partial charge in [0.15, 0.2) is 0 Å². The van der Waals surface area contributed by atoms with Gasteiger partial charge in [-0.25, -0.2) is 0 Å². The lowest BCUT2D eigenvalue weighted by atomic mass is 9.77. The van der Waals surface area contributed by atoms with Crippen molar-refractivity contribution in [2.45, 2.75) is 52.1 Å². The molecule has 4 heteroatoms. The van der Waals surface area contributed by atoms with Crippen molar-refractivity contribution in [1.82, 2.24) is 10.2 Å². The second-order valence-electron chi connectivity index (χ2n) is 6.56. The van der Waals surface area contributed by atoms with E-state index in [0.29, 0.717) is 0 Å². The van der Waals surface area contributed by atoms with Gasteiger partial charge in [0.05, 0.1) is 6.04 Å². The Hall–Kier alpha value is -0.870. The Balaban J connectivity index is 2.00. The van der Waals surface area contributed by atoms with Crippen LogP contribution in [0.5, 0.6) is 0 Å². The van der Waals surface area contributed by atoms with Crippen LogP contribution in [0.25, 0.3) is 0 Å². The van der Waals surface area contributed by atoms with Crippen LogP contribution in [0.1, 0.15) is 38.5 Å². The molecule has 1 aliphatic heterocycles. The molecule has 2 heterocycles. The second-order valence-corrected chi connectivity index (χ2v) is 7.59. The number of piperidine rings is 1. The first kappa shape index (κ1) is 15.5. The molecule has 2 rings (SSSR count). The minimum atomic E-state index is -0.0490. The molecular weight excluding hydrogens is 268 g/mol. The van der Waals surface area contributed by atoms with E-state index >= 15 is 0 Å². The van der Waals surface area contributed by atoms with Gasteiger partial charge in [0, 0.05) is 24.4 Å². The van der Waals surface area contributed by atoms with Crippen molar-refractivity contribution in [2.24, 2.45) is 5.41 Å². The molecule has 1 aromatic rings. The number of thiophene rings is 1. The summed E-state index contributed by atoms with van der Waals surface area (Å²) < 4.78 is 0. The number of likely N-dealkylation sites (N-methyl/N-ethyl adjacent to an activating group) is 1. The SMILES string of the molecule is CC(Cc1cccs1)N(C)C(=O)C1NCCCC1(C)C. The molecule has 1 aliphatic rings. The first-order valence-corrected chi connectivity index (χ1v) is 8.32. The summed E-state index contributed by atoms with van der Waals surface area (Å²) in [6.07, 6.45) is 3.21. The number of carbonyl (C=O) groups is 1. The largest absolute Gasteiger partial charge is 0.341 e. The third-order valence-corrected chi connectivity index (χ3v) is 5.36. The second kappa shape index (κ2) is 6.27. The zero-order valence-corrected chi connectivity index (χ0v) is 13.8. The average Bonchev–Trinajstić information content (AvgIpc) is 2.89. The quantitative estimate of drug-likeness (QED) is 0.926. The Bertz CT molecular complexity index is 441. The molecule has 0 spiro atoms. The Morgan fingerprint density at radius 2 is 2.35 bits per heavy atom. The number of rotatable bonds is 4. The number of hydrogen-bond acceptors (Lipinski definition) is 3. The maximum Gasteiger partial charge on any atom is 0.240 e. The van der Waals surface area contributed by atoms with Gasteiger partial charge in [-0.15, -0.1) is 11.3 Å². The van der Waals surface area contributed by atoms with Gasteiger partial charge in [-0.2, -0.15) is 0 Å². The highest BCUT2D eigenvalue weighted by atomic mass is 32.1. The van der Waals surface area contributed by atoms with E-state index in [4.69, 9.17) is 0 Å². The highest BCUT2D eigenvalue weighted by molar-refractivity contribution is 7.09. The van der Waals surface area contributed by atoms with Gasteiger partial charge in [-0.05, 0) is 43.2 Å². The lowest BCUT2D eigenvalue weighted by Gasteiger charge is -2.41. The average molecular weight is 294 g/mol. The molecule has 1 fully saturated rings. The van der Waals surface area contributed by atoms with Gasteiger partial charge >= 0.3 is 0 Å². The molecular formula is C16H26N2OS. The molecule has 0 radical (unpaired) electrons. The predicted molar refractivity (Wildman–Crippen MR) is 85.1 cm³/mol. The smallest absolute Gasteiger partial charge is 0.240 e. The summed E-state index contributed by atoms with van der Waals surface area (Å²) in [6, 6.07) is 4.40. The van der Waals surface area contributed by atoms with Crippen LogP contribution in [0.4, 0.5) is 0 Å². The summed E-state index contributed by atoms with van der Waals surface area (Å²) in [5, 5.41) is 5.51. The molecule has 1 amide bonds. The maximum atomic E-state index is 12.8. The van der Waals surface area contributed by atoms with Gasteiger partial charge in [0.2, 0.25) is 5.91 Å². The summed E-state index contributed by atoms with van der Waals surface area (Å²) in [6.45, 7) is 7.47. The van der Waals surface area contributed by atoms with E-state index in [9.17, 15) is 4.79 Å². The fourth-order valence-corrected chi connectivity index (χ4v) is 3.74. The minimum Gasteiger partial charge on any atom is -0.341 e. The van der Waals surface area contributed by atoms with Crippen LogP contribution in [0.15, 0.2) is 17.5 Å². The van der Waals surface area contributed by atoms with E-state index in [1.807, 2.05) is 11.9 Å². The summed E-state index contributed by atoms with van der Waals surface area (Å²) in [4.78, 5) is 16.0. The van der Waals surface area contributed by atoms with E-state index in [2.05, 4.69) is 43.6 Å². The first-order valence-electron chi connectivity index (χ1n) is 7.44. The van der Waals surface area contributed by atoms with E-state index in [0.717, 1.165) is 25.8 Å². The van der Waals surface area contributed by atoms with Gasteiger partial charge in [0.1, 0.15) is 0 Å². The van der Waals surface area contributed by atoms with Crippen molar-refractivity contribution in [3.63, 3.8) is 0 Å². The Labute approximate surface area is 126 Å². The summed E-state index contributed by atoms with van der Waals surface area (Å²) in [5.41, 5.74) is 0.0479. The fourth-order valence-electron chi connectivity index (χ4n) is 2.91. The molecule has 1 N–H and O–H groups in total. The Morgan fingerprint density at radius 3 is 2.95 bits per heavy atom. The minimum absolute atomic E-state index is 0.0479. The number of carbonyl (C=O) groups excluding carboxylic acids is 1. The Morgan fingerprint density at radius 1 is 1.60 bits per heavy atom. The van der Waals surface area contributed by atoms with E-state index in [-0.39, 0.29) is 23.4 Å². The van der Waals surface area contributed by atoms with Gasteiger partial charge < -0.3 is 10.2 Å². The van der Waals surface area contributed by atoms with Crippen LogP contribution in [-0.4, -0.2) is 36.5 Å². The third kappa shape index (κ3) is 3.41. The zero-order chi connectivity index (χ0) is 14.8. The predicted octanol–water partition coefficient (Wildman–Crippen LogP) is 2.92. The van der Waals surface area contributed by atoms with Crippen molar-refractivity contribution < 1.29 is 4.79 Å². The summed E-state index contributed by atoms with van der Waals surface area (Å²) in [7, 11) is 1.94. The van der Waals surface area contributed by atoms with E-state index < -0.39 is 0 Å². The van der Waals surface area contributed by atoms with Crippen LogP contribution >= 0.6 is 11.3 Å². The van der Waals surface area contributed by atoms with Gasteiger partial charge in [-0.3, -0.25) is 4.79 Å². The molecule has 112 valence electrons. The molecule has 0 bridgehead atoms. The molecule has 1 aromatic heterocycles. The molecule has 3 nitrogen and oxygen atoms in total. The van der Waals surface area contributed by atoms with Crippen LogP contribution in [0, 0.1) is 5.41 Å². The third-order valence-electron chi connectivity index (χ3n) is 4.46. The van der Waals surface area contributed by atoms with Crippen molar-refractivity contribution in [2.75, 3.05) is 13.6 Å². The summed E-state index contributed by atoms with van der Waals surface area (Å²) >= 11 is 1.76. The maximum absolute atomic E-state index is 12.8. The lowest BCUT2D eigenvalue weighted by Crippen LogP contribution is -2.57. The number of amides is 1. The molecule has 2 unspecified atom stereocenters. The van der Waals surface area contributed by atoms with E-state index in [1.165, 1.54) is 4.88 Å². The highest BCUT2D eigenvalue weighted by Gasteiger charge is 2.39.